The van der Waals surface area contributed by atoms with Crippen molar-refractivity contribution < 1.29 is 19.8 Å². The van der Waals surface area contributed by atoms with Gasteiger partial charge in [-0.3, -0.25) is 0 Å². The summed E-state index contributed by atoms with van der Waals surface area (Å²) in [6.07, 6.45) is 6.31. The summed E-state index contributed by atoms with van der Waals surface area (Å²) in [5, 5.41) is 18.0. The zero-order valence-electron chi connectivity index (χ0n) is 18.7. The molecule has 0 atom stereocenters. The van der Waals surface area contributed by atoms with E-state index in [2.05, 4.69) is 48.0 Å². The van der Waals surface area contributed by atoms with Crippen LogP contribution in [0.4, 0.5) is 5.95 Å². The van der Waals surface area contributed by atoms with E-state index in [0.29, 0.717) is 12.2 Å². The number of rotatable bonds is 9. The van der Waals surface area contributed by atoms with Gasteiger partial charge in [-0.15, -0.1) is 11.8 Å². The maximum Gasteiger partial charge on any atom is 0.328 e. The number of hydrogen-bond acceptors (Lipinski definition) is 7. The Kier molecular flexibility index (Phi) is 11.0. The highest BCUT2D eigenvalue weighted by molar-refractivity contribution is 7.99. The van der Waals surface area contributed by atoms with E-state index in [4.69, 9.17) is 20.2 Å². The standard InChI is InChI=1S/C19H28N4S.C4H4O4/c1-3-4-5-8-15-24-18-16-9-6-7-10-17(16)20-19(21-18)23-13-11-22(2)12-14-23;5-3(6)1-2-4(7)8/h6-7,9-10H,3-5,8,11-15H2,1-2H3;1-2H,(H,5,6)(H,7,8)/b;2-1+. The fourth-order valence-electron chi connectivity index (χ4n) is 3.13. The highest BCUT2D eigenvalue weighted by Crippen LogP contribution is 2.28. The van der Waals surface area contributed by atoms with E-state index in [9.17, 15) is 9.59 Å². The third-order valence-electron chi connectivity index (χ3n) is 4.95. The van der Waals surface area contributed by atoms with Crippen molar-refractivity contribution in [2.75, 3.05) is 43.9 Å². The number of fused-ring (bicyclic) bond motifs is 1. The molecule has 0 radical (unpaired) electrons. The van der Waals surface area contributed by atoms with Crippen LogP contribution < -0.4 is 4.90 Å². The van der Waals surface area contributed by atoms with E-state index in [1.807, 2.05) is 11.8 Å². The van der Waals surface area contributed by atoms with Crippen LogP contribution in [0.3, 0.4) is 0 Å². The molecule has 1 aliphatic rings. The van der Waals surface area contributed by atoms with Crippen molar-refractivity contribution in [1.29, 1.82) is 0 Å². The van der Waals surface area contributed by atoms with Gasteiger partial charge in [-0.2, -0.15) is 0 Å². The van der Waals surface area contributed by atoms with Gasteiger partial charge in [-0.1, -0.05) is 44.4 Å². The van der Waals surface area contributed by atoms with Crippen LogP contribution in [-0.2, 0) is 9.59 Å². The van der Waals surface area contributed by atoms with Gasteiger partial charge >= 0.3 is 11.9 Å². The molecule has 0 amide bonds. The second kappa shape index (κ2) is 13.7. The molecule has 2 heterocycles. The number of thioether (sulfide) groups is 1. The lowest BCUT2D eigenvalue weighted by atomic mass is 10.2. The monoisotopic (exact) mass is 460 g/mol. The van der Waals surface area contributed by atoms with Gasteiger partial charge in [0.1, 0.15) is 5.03 Å². The highest BCUT2D eigenvalue weighted by Gasteiger charge is 2.18. The maximum absolute atomic E-state index is 9.55. The van der Waals surface area contributed by atoms with E-state index < -0.39 is 11.9 Å². The Bertz CT molecular complexity index is 898. The first-order valence-electron chi connectivity index (χ1n) is 10.9. The molecule has 1 saturated heterocycles. The third-order valence-corrected chi connectivity index (χ3v) is 6.03. The van der Waals surface area contributed by atoms with Gasteiger partial charge in [0.05, 0.1) is 5.52 Å². The largest absolute Gasteiger partial charge is 0.478 e. The number of unbranched alkanes of at least 4 members (excludes halogenated alkanes) is 3. The molecular weight excluding hydrogens is 428 g/mol. The second-order valence-corrected chi connectivity index (χ2v) is 8.64. The van der Waals surface area contributed by atoms with Crippen LogP contribution in [0.1, 0.15) is 32.6 Å². The molecule has 2 N–H and O–H groups in total. The Morgan fingerprint density at radius 3 is 2.28 bits per heavy atom. The number of hydrogen-bond donors (Lipinski definition) is 2. The Morgan fingerprint density at radius 1 is 1.00 bits per heavy atom. The molecule has 2 aromatic rings. The lowest BCUT2D eigenvalue weighted by molar-refractivity contribution is -0.134. The highest BCUT2D eigenvalue weighted by atomic mass is 32.2. The van der Waals surface area contributed by atoms with Gasteiger partial charge in [0.15, 0.2) is 0 Å². The molecule has 0 aliphatic carbocycles. The van der Waals surface area contributed by atoms with E-state index in [1.165, 1.54) is 31.1 Å². The van der Waals surface area contributed by atoms with Crippen molar-refractivity contribution in [3.8, 4) is 0 Å². The molecule has 3 rings (SSSR count). The van der Waals surface area contributed by atoms with E-state index in [1.54, 1.807) is 0 Å². The van der Waals surface area contributed by atoms with Crippen molar-refractivity contribution in [3.63, 3.8) is 0 Å². The number of piperazine rings is 1. The minimum atomic E-state index is -1.26. The van der Waals surface area contributed by atoms with Crippen LogP contribution in [0.25, 0.3) is 10.9 Å². The molecule has 8 nitrogen and oxygen atoms in total. The van der Waals surface area contributed by atoms with Crippen molar-refractivity contribution >= 4 is 40.6 Å². The van der Waals surface area contributed by atoms with Gasteiger partial charge in [-0.05, 0) is 25.3 Å². The van der Waals surface area contributed by atoms with Crippen LogP contribution in [0.5, 0.6) is 0 Å². The van der Waals surface area contributed by atoms with Crippen molar-refractivity contribution in [3.05, 3.63) is 36.4 Å². The Balaban J connectivity index is 0.000000390. The molecule has 0 unspecified atom stereocenters. The molecule has 174 valence electrons. The molecule has 32 heavy (non-hydrogen) atoms. The number of aliphatic carboxylic acids is 2. The lowest BCUT2D eigenvalue weighted by Gasteiger charge is -2.32. The lowest BCUT2D eigenvalue weighted by Crippen LogP contribution is -2.45. The van der Waals surface area contributed by atoms with Gasteiger partial charge in [0, 0.05) is 43.7 Å². The number of benzene rings is 1. The average molecular weight is 461 g/mol. The fourth-order valence-corrected chi connectivity index (χ4v) is 4.15. The normalized spacial score (nSPS) is 14.4. The summed E-state index contributed by atoms with van der Waals surface area (Å²) in [5.41, 5.74) is 1.07. The van der Waals surface area contributed by atoms with Crippen LogP contribution in [-0.4, -0.2) is 76.0 Å². The summed E-state index contributed by atoms with van der Waals surface area (Å²) in [7, 11) is 2.18. The van der Waals surface area contributed by atoms with Gasteiger partial charge < -0.3 is 20.0 Å². The smallest absolute Gasteiger partial charge is 0.328 e. The molecule has 0 spiro atoms. The molecule has 1 aromatic carbocycles. The quantitative estimate of drug-likeness (QED) is 0.250. The number of carbonyl (C=O) groups is 2. The first-order chi connectivity index (χ1) is 15.4. The molecule has 0 bridgehead atoms. The van der Waals surface area contributed by atoms with Gasteiger partial charge in [0.25, 0.3) is 0 Å². The van der Waals surface area contributed by atoms with E-state index in [-0.39, 0.29) is 0 Å². The number of aromatic nitrogens is 2. The van der Waals surface area contributed by atoms with Gasteiger partial charge in [-0.25, -0.2) is 19.6 Å². The number of likely N-dealkylation sites (N-methyl/N-ethyl adjacent to an activating group) is 1. The molecule has 9 heteroatoms. The van der Waals surface area contributed by atoms with E-state index in [0.717, 1.165) is 48.4 Å². The third kappa shape index (κ3) is 8.84. The first kappa shape index (κ1) is 25.6. The van der Waals surface area contributed by atoms with Crippen LogP contribution in [0, 0.1) is 0 Å². The summed E-state index contributed by atoms with van der Waals surface area (Å²) < 4.78 is 0. The Morgan fingerprint density at radius 2 is 1.66 bits per heavy atom. The number of nitrogens with zero attached hydrogens (tertiary/aromatic N) is 4. The predicted molar refractivity (Wildman–Crippen MR) is 129 cm³/mol. The Labute approximate surface area is 193 Å². The summed E-state index contributed by atoms with van der Waals surface area (Å²) in [5.74, 6) is -0.471. The average Bonchev–Trinajstić information content (AvgIpc) is 2.78. The minimum Gasteiger partial charge on any atom is -0.478 e. The van der Waals surface area contributed by atoms with Crippen LogP contribution in [0.15, 0.2) is 41.4 Å². The minimum absolute atomic E-state index is 0.558. The Hall–Kier alpha value is -2.65. The second-order valence-electron chi connectivity index (χ2n) is 7.56. The molecule has 1 aromatic heterocycles. The molecular formula is C23H32N4O4S. The van der Waals surface area contributed by atoms with Crippen molar-refractivity contribution in [2.24, 2.45) is 0 Å². The molecule has 1 aliphatic heterocycles. The zero-order chi connectivity index (χ0) is 23.3. The number of para-hydroxylation sites is 1. The summed E-state index contributed by atoms with van der Waals surface area (Å²) in [4.78, 5) is 33.5. The number of carboxylic acids is 2. The molecule has 0 saturated carbocycles. The number of anilines is 1. The van der Waals surface area contributed by atoms with E-state index >= 15 is 0 Å². The molecule has 1 fully saturated rings. The van der Waals surface area contributed by atoms with Crippen LogP contribution >= 0.6 is 11.8 Å². The van der Waals surface area contributed by atoms with Crippen molar-refractivity contribution in [2.45, 2.75) is 37.6 Å². The topological polar surface area (TPSA) is 107 Å². The van der Waals surface area contributed by atoms with Gasteiger partial charge in [0.2, 0.25) is 5.95 Å². The summed E-state index contributed by atoms with van der Waals surface area (Å²) in [6, 6.07) is 8.41. The zero-order valence-corrected chi connectivity index (χ0v) is 19.6. The van der Waals surface area contributed by atoms with Crippen LogP contribution in [0.2, 0.25) is 0 Å². The van der Waals surface area contributed by atoms with Crippen molar-refractivity contribution in [1.82, 2.24) is 14.9 Å². The maximum atomic E-state index is 9.55. The fraction of sp³-hybridized carbons (Fsp3) is 0.478. The number of carboxylic acid groups (broad SMARTS) is 2. The summed E-state index contributed by atoms with van der Waals surface area (Å²) in [6.45, 7) is 6.43. The first-order valence-corrected chi connectivity index (χ1v) is 11.9. The SMILES string of the molecule is CCCCCCSc1nc(N2CCN(C)CC2)nc2ccccc12.O=C(O)/C=C/C(=O)O. The summed E-state index contributed by atoms with van der Waals surface area (Å²) >= 11 is 1.89. The predicted octanol–water partition coefficient (Wildman–Crippen LogP) is 3.77.